The molecule has 1 aromatic rings. The maximum atomic E-state index is 6.16. The average molecular weight is 270 g/mol. The third kappa shape index (κ3) is 3.61. The fourth-order valence-corrected chi connectivity index (χ4v) is 2.33. The van der Waals surface area contributed by atoms with Crippen molar-refractivity contribution >= 4 is 11.6 Å². The molecule has 1 aliphatic heterocycles. The first kappa shape index (κ1) is 13.7. The van der Waals surface area contributed by atoms with E-state index in [-0.39, 0.29) is 6.04 Å². The van der Waals surface area contributed by atoms with Crippen LogP contribution in [0, 0.1) is 0 Å². The zero-order chi connectivity index (χ0) is 13.0. The van der Waals surface area contributed by atoms with Crippen LogP contribution in [0.1, 0.15) is 37.8 Å². The molecule has 0 aromatic heterocycles. The SMILES string of the molecule is C[C@H](N)c1ccc(OCCC2CCCO2)c(Cl)c1. The summed E-state index contributed by atoms with van der Waals surface area (Å²) in [6.45, 7) is 3.46. The zero-order valence-corrected chi connectivity index (χ0v) is 11.5. The first-order chi connectivity index (χ1) is 8.66. The molecule has 1 heterocycles. The Morgan fingerprint density at radius 1 is 1.56 bits per heavy atom. The topological polar surface area (TPSA) is 44.5 Å². The highest BCUT2D eigenvalue weighted by Crippen LogP contribution is 2.27. The summed E-state index contributed by atoms with van der Waals surface area (Å²) >= 11 is 6.16. The van der Waals surface area contributed by atoms with Crippen molar-refractivity contribution in [2.45, 2.75) is 38.3 Å². The van der Waals surface area contributed by atoms with Gasteiger partial charge in [-0.3, -0.25) is 0 Å². The lowest BCUT2D eigenvalue weighted by Gasteiger charge is -2.13. The molecule has 3 nitrogen and oxygen atoms in total. The molecule has 100 valence electrons. The van der Waals surface area contributed by atoms with Gasteiger partial charge in [0.15, 0.2) is 0 Å². The fourth-order valence-electron chi connectivity index (χ4n) is 2.09. The minimum atomic E-state index is -0.0107. The lowest BCUT2D eigenvalue weighted by atomic mass is 10.1. The Hall–Kier alpha value is -0.770. The van der Waals surface area contributed by atoms with Gasteiger partial charge in [-0.2, -0.15) is 0 Å². The first-order valence-corrected chi connectivity index (χ1v) is 6.84. The smallest absolute Gasteiger partial charge is 0.137 e. The molecule has 18 heavy (non-hydrogen) atoms. The minimum Gasteiger partial charge on any atom is -0.492 e. The number of rotatable bonds is 5. The van der Waals surface area contributed by atoms with Gasteiger partial charge in [-0.25, -0.2) is 0 Å². The predicted molar refractivity (Wildman–Crippen MR) is 73.1 cm³/mol. The third-order valence-corrected chi connectivity index (χ3v) is 3.50. The van der Waals surface area contributed by atoms with Crippen molar-refractivity contribution in [2.24, 2.45) is 5.73 Å². The molecule has 1 fully saturated rings. The van der Waals surface area contributed by atoms with Crippen LogP contribution in [0.25, 0.3) is 0 Å². The molecule has 0 saturated carbocycles. The molecule has 1 aliphatic rings. The number of nitrogens with two attached hydrogens (primary N) is 1. The Labute approximate surface area is 113 Å². The van der Waals surface area contributed by atoms with Crippen LogP contribution >= 0.6 is 11.6 Å². The van der Waals surface area contributed by atoms with E-state index in [1.807, 2.05) is 25.1 Å². The number of hydrogen-bond donors (Lipinski definition) is 1. The normalized spacial score (nSPS) is 20.9. The van der Waals surface area contributed by atoms with Gasteiger partial charge in [-0.05, 0) is 37.5 Å². The second-order valence-corrected chi connectivity index (χ2v) is 5.16. The van der Waals surface area contributed by atoms with Crippen molar-refractivity contribution in [1.29, 1.82) is 0 Å². The molecule has 4 heteroatoms. The predicted octanol–water partition coefficient (Wildman–Crippen LogP) is 3.31. The molecular formula is C14H20ClNO2. The van der Waals surface area contributed by atoms with Crippen molar-refractivity contribution < 1.29 is 9.47 Å². The molecule has 0 spiro atoms. The second kappa shape index (κ2) is 6.41. The van der Waals surface area contributed by atoms with Gasteiger partial charge in [0.2, 0.25) is 0 Å². The summed E-state index contributed by atoms with van der Waals surface area (Å²) in [5.74, 6) is 0.721. The maximum Gasteiger partial charge on any atom is 0.137 e. The Kier molecular flexibility index (Phi) is 4.87. The van der Waals surface area contributed by atoms with E-state index in [1.165, 1.54) is 0 Å². The molecule has 2 atom stereocenters. The fraction of sp³-hybridized carbons (Fsp3) is 0.571. The van der Waals surface area contributed by atoms with Crippen molar-refractivity contribution in [3.63, 3.8) is 0 Å². The van der Waals surface area contributed by atoms with E-state index >= 15 is 0 Å². The largest absolute Gasteiger partial charge is 0.492 e. The van der Waals surface area contributed by atoms with E-state index in [0.29, 0.717) is 17.7 Å². The third-order valence-electron chi connectivity index (χ3n) is 3.20. The average Bonchev–Trinajstić information content (AvgIpc) is 2.84. The van der Waals surface area contributed by atoms with Gasteiger partial charge in [0.1, 0.15) is 5.75 Å². The zero-order valence-electron chi connectivity index (χ0n) is 10.7. The number of halogens is 1. The van der Waals surface area contributed by atoms with Gasteiger partial charge in [0.25, 0.3) is 0 Å². The van der Waals surface area contributed by atoms with Crippen LogP contribution < -0.4 is 10.5 Å². The van der Waals surface area contributed by atoms with Gasteiger partial charge in [0.05, 0.1) is 17.7 Å². The Morgan fingerprint density at radius 3 is 3.00 bits per heavy atom. The van der Waals surface area contributed by atoms with Gasteiger partial charge < -0.3 is 15.2 Å². The van der Waals surface area contributed by atoms with Crippen LogP contribution in [-0.4, -0.2) is 19.3 Å². The molecule has 0 amide bonds. The standard InChI is InChI=1S/C14H20ClNO2/c1-10(16)11-4-5-14(13(15)9-11)18-8-6-12-3-2-7-17-12/h4-5,9-10,12H,2-3,6-8,16H2,1H3/t10-,12?/m0/s1. The summed E-state index contributed by atoms with van der Waals surface area (Å²) < 4.78 is 11.2. The van der Waals surface area contributed by atoms with Crippen molar-refractivity contribution in [3.05, 3.63) is 28.8 Å². The summed E-state index contributed by atoms with van der Waals surface area (Å²) in [4.78, 5) is 0. The van der Waals surface area contributed by atoms with E-state index in [2.05, 4.69) is 0 Å². The van der Waals surface area contributed by atoms with Crippen LogP contribution in [0.3, 0.4) is 0 Å². The highest BCUT2D eigenvalue weighted by Gasteiger charge is 2.15. The van der Waals surface area contributed by atoms with Gasteiger partial charge in [-0.15, -0.1) is 0 Å². The molecule has 2 N–H and O–H groups in total. The highest BCUT2D eigenvalue weighted by molar-refractivity contribution is 6.32. The van der Waals surface area contributed by atoms with E-state index in [9.17, 15) is 0 Å². The summed E-state index contributed by atoms with van der Waals surface area (Å²) in [6.07, 6.45) is 3.58. The highest BCUT2D eigenvalue weighted by atomic mass is 35.5. The lowest BCUT2D eigenvalue weighted by molar-refractivity contribution is 0.0904. The number of ether oxygens (including phenoxy) is 2. The monoisotopic (exact) mass is 269 g/mol. The van der Waals surface area contributed by atoms with Crippen LogP contribution in [0.4, 0.5) is 0 Å². The Bertz CT molecular complexity index is 389. The first-order valence-electron chi connectivity index (χ1n) is 6.46. The number of benzene rings is 1. The van der Waals surface area contributed by atoms with Crippen LogP contribution in [0.15, 0.2) is 18.2 Å². The molecule has 0 radical (unpaired) electrons. The van der Waals surface area contributed by atoms with E-state index < -0.39 is 0 Å². The van der Waals surface area contributed by atoms with Gasteiger partial charge in [-0.1, -0.05) is 17.7 Å². The van der Waals surface area contributed by atoms with Gasteiger partial charge in [0, 0.05) is 19.1 Å². The van der Waals surface area contributed by atoms with Crippen LogP contribution in [-0.2, 0) is 4.74 Å². The van der Waals surface area contributed by atoms with Crippen molar-refractivity contribution in [1.82, 2.24) is 0 Å². The summed E-state index contributed by atoms with van der Waals surface area (Å²) in [6, 6.07) is 5.70. The van der Waals surface area contributed by atoms with Gasteiger partial charge >= 0.3 is 0 Å². The van der Waals surface area contributed by atoms with Crippen molar-refractivity contribution in [2.75, 3.05) is 13.2 Å². The maximum absolute atomic E-state index is 6.16. The molecule has 1 saturated heterocycles. The van der Waals surface area contributed by atoms with Crippen LogP contribution in [0.2, 0.25) is 5.02 Å². The lowest BCUT2D eigenvalue weighted by Crippen LogP contribution is -2.11. The second-order valence-electron chi connectivity index (χ2n) is 4.75. The molecular weight excluding hydrogens is 250 g/mol. The van der Waals surface area contributed by atoms with Crippen molar-refractivity contribution in [3.8, 4) is 5.75 Å². The molecule has 2 rings (SSSR count). The summed E-state index contributed by atoms with van der Waals surface area (Å²) in [7, 11) is 0. The molecule has 1 unspecified atom stereocenters. The minimum absolute atomic E-state index is 0.0107. The molecule has 0 aliphatic carbocycles. The van der Waals surface area contributed by atoms with E-state index in [0.717, 1.165) is 37.2 Å². The van der Waals surface area contributed by atoms with E-state index in [4.69, 9.17) is 26.8 Å². The Morgan fingerprint density at radius 2 is 2.39 bits per heavy atom. The molecule has 0 bridgehead atoms. The molecule has 1 aromatic carbocycles. The quantitative estimate of drug-likeness (QED) is 0.892. The number of hydrogen-bond acceptors (Lipinski definition) is 3. The van der Waals surface area contributed by atoms with E-state index in [1.54, 1.807) is 0 Å². The Balaban J connectivity index is 1.85. The summed E-state index contributed by atoms with van der Waals surface area (Å²) in [5.41, 5.74) is 6.82. The van der Waals surface area contributed by atoms with Crippen LogP contribution in [0.5, 0.6) is 5.75 Å². The summed E-state index contributed by atoms with van der Waals surface area (Å²) in [5, 5.41) is 0.622.